The topological polar surface area (TPSA) is 17.1 Å². The summed E-state index contributed by atoms with van der Waals surface area (Å²) in [5.41, 5.74) is 3.07. The number of carbonyl (C=O) groups is 1. The summed E-state index contributed by atoms with van der Waals surface area (Å²) < 4.78 is 0. The van der Waals surface area contributed by atoms with Gasteiger partial charge in [0.1, 0.15) is 8.07 Å². The van der Waals surface area contributed by atoms with Crippen LogP contribution in [0.3, 0.4) is 0 Å². The Balaban J connectivity index is 4.37. The molecule has 74 valence electrons. The molecule has 13 heavy (non-hydrogen) atoms. The highest BCUT2D eigenvalue weighted by atomic mass is 79.9. The molecule has 0 aromatic heterocycles. The lowest BCUT2D eigenvalue weighted by Crippen LogP contribution is -2.21. The van der Waals surface area contributed by atoms with Gasteiger partial charge in [-0.3, -0.25) is 4.79 Å². The second kappa shape index (κ2) is 4.97. The summed E-state index contributed by atoms with van der Waals surface area (Å²) in [5, 5.41) is 0. The molecule has 0 aromatic carbocycles. The van der Waals surface area contributed by atoms with Crippen molar-refractivity contribution in [3.05, 3.63) is 0 Å². The third-order valence-electron chi connectivity index (χ3n) is 1.40. The monoisotopic (exact) mass is 260 g/mol. The molecule has 0 bridgehead atoms. The molecule has 0 radical (unpaired) electrons. The fourth-order valence-electron chi connectivity index (χ4n) is 0.621. The zero-order valence-electron chi connectivity index (χ0n) is 8.94. The maximum Gasteiger partial charge on any atom is 0.218 e. The number of rotatable bonds is 2. The van der Waals surface area contributed by atoms with E-state index in [0.29, 0.717) is 5.92 Å². The van der Waals surface area contributed by atoms with Gasteiger partial charge in [0.25, 0.3) is 0 Å². The molecule has 0 aliphatic heterocycles. The van der Waals surface area contributed by atoms with Crippen molar-refractivity contribution in [3.63, 3.8) is 0 Å². The van der Waals surface area contributed by atoms with Crippen LogP contribution in [0.15, 0.2) is 0 Å². The summed E-state index contributed by atoms with van der Waals surface area (Å²) >= 11 is 3.34. The number of Topliss-reactive ketones (excluding diaryl/α,β-unsaturated/α-hetero) is 1. The van der Waals surface area contributed by atoms with E-state index in [4.69, 9.17) is 0 Å². The molecular weight excluding hydrogens is 244 g/mol. The lowest BCUT2D eigenvalue weighted by Gasteiger charge is -2.08. The summed E-state index contributed by atoms with van der Waals surface area (Å²) in [6, 6.07) is 0. The maximum atomic E-state index is 11.4. The van der Waals surface area contributed by atoms with Crippen LogP contribution in [0.1, 0.15) is 13.8 Å². The van der Waals surface area contributed by atoms with E-state index in [1.807, 2.05) is 13.8 Å². The molecule has 0 aromatic rings. The molecule has 0 N–H and O–H groups in total. The summed E-state index contributed by atoms with van der Waals surface area (Å²) in [6.45, 7) is 10.4. The molecule has 1 atom stereocenters. The minimum absolute atomic E-state index is 0.0115. The van der Waals surface area contributed by atoms with Crippen LogP contribution in [0.25, 0.3) is 0 Å². The number of hydrogen-bond donors (Lipinski definition) is 0. The first-order chi connectivity index (χ1) is 5.74. The van der Waals surface area contributed by atoms with E-state index in [2.05, 4.69) is 47.0 Å². The van der Waals surface area contributed by atoms with E-state index in [9.17, 15) is 4.79 Å². The van der Waals surface area contributed by atoms with Gasteiger partial charge in [0.2, 0.25) is 5.78 Å². The second-order valence-electron chi connectivity index (χ2n) is 4.51. The van der Waals surface area contributed by atoms with Crippen molar-refractivity contribution >= 4 is 29.8 Å². The van der Waals surface area contributed by atoms with Crippen molar-refractivity contribution in [3.8, 4) is 11.5 Å². The SMILES string of the molecule is CC(C)C(Br)C(=O)C#C[Si](C)(C)C. The zero-order valence-corrected chi connectivity index (χ0v) is 11.5. The van der Waals surface area contributed by atoms with Crippen molar-refractivity contribution in [2.75, 3.05) is 0 Å². The molecule has 0 spiro atoms. The molecule has 3 heteroatoms. The smallest absolute Gasteiger partial charge is 0.218 e. The number of carbonyl (C=O) groups excluding carboxylic acids is 1. The van der Waals surface area contributed by atoms with E-state index < -0.39 is 8.07 Å². The van der Waals surface area contributed by atoms with Crippen molar-refractivity contribution in [1.82, 2.24) is 0 Å². The first-order valence-electron chi connectivity index (χ1n) is 4.45. The Morgan fingerprint density at radius 1 is 1.31 bits per heavy atom. The third-order valence-corrected chi connectivity index (χ3v) is 3.74. The molecule has 1 nitrogen and oxygen atoms in total. The van der Waals surface area contributed by atoms with Gasteiger partial charge >= 0.3 is 0 Å². The molecule has 0 aliphatic carbocycles. The Labute approximate surface area is 90.4 Å². The van der Waals surface area contributed by atoms with Crippen LogP contribution in [-0.2, 0) is 4.79 Å². The maximum absolute atomic E-state index is 11.4. The Morgan fingerprint density at radius 3 is 2.08 bits per heavy atom. The standard InChI is InChI=1S/C10H17BrOSi/c1-8(2)10(11)9(12)6-7-13(3,4)5/h8,10H,1-5H3. The van der Waals surface area contributed by atoms with Crippen LogP contribution >= 0.6 is 15.9 Å². The quantitative estimate of drug-likeness (QED) is 0.424. The van der Waals surface area contributed by atoms with Gasteiger partial charge in [0.15, 0.2) is 0 Å². The molecule has 0 saturated carbocycles. The average Bonchev–Trinajstić information content (AvgIpc) is 1.97. The van der Waals surface area contributed by atoms with Gasteiger partial charge in [-0.15, -0.1) is 5.54 Å². The summed E-state index contributed by atoms with van der Waals surface area (Å²) in [5.74, 6) is 3.05. The first kappa shape index (κ1) is 12.9. The highest BCUT2D eigenvalue weighted by molar-refractivity contribution is 9.10. The van der Waals surface area contributed by atoms with E-state index in [0.717, 1.165) is 0 Å². The van der Waals surface area contributed by atoms with Gasteiger partial charge < -0.3 is 0 Å². The van der Waals surface area contributed by atoms with Crippen molar-refractivity contribution in [1.29, 1.82) is 0 Å². The van der Waals surface area contributed by atoms with Gasteiger partial charge in [-0.05, 0) is 11.8 Å². The summed E-state index contributed by atoms with van der Waals surface area (Å²) in [7, 11) is -1.40. The molecule has 0 fully saturated rings. The Morgan fingerprint density at radius 2 is 1.77 bits per heavy atom. The lowest BCUT2D eigenvalue weighted by atomic mass is 10.1. The Hall–Kier alpha value is -0.0731. The normalized spacial score (nSPS) is 13.5. The van der Waals surface area contributed by atoms with Gasteiger partial charge in [-0.25, -0.2) is 0 Å². The minimum atomic E-state index is -1.40. The van der Waals surface area contributed by atoms with Crippen LogP contribution < -0.4 is 0 Å². The van der Waals surface area contributed by atoms with Crippen LogP contribution in [0.2, 0.25) is 19.6 Å². The van der Waals surface area contributed by atoms with Crippen molar-refractivity contribution in [2.24, 2.45) is 5.92 Å². The van der Waals surface area contributed by atoms with Gasteiger partial charge in [0.05, 0.1) is 4.83 Å². The van der Waals surface area contributed by atoms with Crippen LogP contribution in [0, 0.1) is 17.4 Å². The largest absolute Gasteiger partial charge is 0.284 e. The molecule has 0 saturated heterocycles. The van der Waals surface area contributed by atoms with Gasteiger partial charge in [-0.1, -0.05) is 49.4 Å². The number of halogens is 1. The highest BCUT2D eigenvalue weighted by Crippen LogP contribution is 2.12. The molecular formula is C10H17BrOSi. The second-order valence-corrected chi connectivity index (χ2v) is 10.2. The first-order valence-corrected chi connectivity index (χ1v) is 8.86. The van der Waals surface area contributed by atoms with Crippen LogP contribution in [-0.4, -0.2) is 18.7 Å². The zero-order chi connectivity index (χ0) is 10.6. The lowest BCUT2D eigenvalue weighted by molar-refractivity contribution is -0.113. The average molecular weight is 261 g/mol. The van der Waals surface area contributed by atoms with Crippen molar-refractivity contribution < 1.29 is 4.79 Å². The van der Waals surface area contributed by atoms with E-state index in [1.54, 1.807) is 0 Å². The van der Waals surface area contributed by atoms with E-state index in [1.165, 1.54) is 0 Å². The van der Waals surface area contributed by atoms with Crippen LogP contribution in [0.5, 0.6) is 0 Å². The predicted molar refractivity (Wildman–Crippen MR) is 63.7 cm³/mol. The molecule has 1 unspecified atom stereocenters. The molecule has 0 heterocycles. The summed E-state index contributed by atoms with van der Waals surface area (Å²) in [6.07, 6.45) is 0. The van der Waals surface area contributed by atoms with E-state index in [-0.39, 0.29) is 10.6 Å². The van der Waals surface area contributed by atoms with E-state index >= 15 is 0 Å². The molecule has 0 rings (SSSR count). The molecule has 0 aliphatic rings. The summed E-state index contributed by atoms with van der Waals surface area (Å²) in [4.78, 5) is 11.3. The van der Waals surface area contributed by atoms with Crippen LogP contribution in [0.4, 0.5) is 0 Å². The predicted octanol–water partition coefficient (Wildman–Crippen LogP) is 2.86. The van der Waals surface area contributed by atoms with Gasteiger partial charge in [-0.2, -0.15) is 0 Å². The number of hydrogen-bond acceptors (Lipinski definition) is 1. The number of alkyl halides is 1. The fraction of sp³-hybridized carbons (Fsp3) is 0.700. The fourth-order valence-corrected chi connectivity index (χ4v) is 1.23. The Bertz CT molecular complexity index is 242. The Kier molecular flexibility index (Phi) is 4.94. The van der Waals surface area contributed by atoms with Crippen molar-refractivity contribution in [2.45, 2.75) is 38.3 Å². The van der Waals surface area contributed by atoms with Gasteiger partial charge in [0, 0.05) is 0 Å². The number of ketones is 1. The third kappa shape index (κ3) is 6.06. The highest BCUT2D eigenvalue weighted by Gasteiger charge is 2.17. The molecule has 0 amide bonds. The minimum Gasteiger partial charge on any atom is -0.284 e.